The third-order valence-electron chi connectivity index (χ3n) is 4.01. The van der Waals surface area contributed by atoms with Gasteiger partial charge in [-0.25, -0.2) is 0 Å². The lowest BCUT2D eigenvalue weighted by atomic mass is 10.2. The summed E-state index contributed by atoms with van der Waals surface area (Å²) >= 11 is 5.72. The van der Waals surface area contributed by atoms with Crippen molar-refractivity contribution in [2.75, 3.05) is 33.3 Å². The highest BCUT2D eigenvalue weighted by atomic mass is 35.5. The van der Waals surface area contributed by atoms with Crippen molar-refractivity contribution in [3.05, 3.63) is 52.9 Å². The smallest absolute Gasteiger partial charge is 0.289 e. The highest BCUT2D eigenvalue weighted by Gasteiger charge is 2.24. The van der Waals surface area contributed by atoms with Crippen LogP contribution >= 0.6 is 11.6 Å². The molecule has 0 spiro atoms. The van der Waals surface area contributed by atoms with Crippen LogP contribution in [0.4, 0.5) is 0 Å². The molecule has 1 aliphatic rings. The van der Waals surface area contributed by atoms with Gasteiger partial charge in [-0.05, 0) is 41.4 Å². The molecule has 0 aliphatic carbocycles. The van der Waals surface area contributed by atoms with E-state index < -0.39 is 0 Å². The number of ether oxygens (including phenoxy) is 1. The van der Waals surface area contributed by atoms with Gasteiger partial charge in [-0.3, -0.25) is 9.69 Å². The standard InChI is InChI=1S/C17H19ClN2O3/c1-22-14-4-2-13(3-5-14)12-19-8-10-20(11-9-19)17(21)15-6-7-16(18)23-15/h2-7H,8-12H2,1H3. The van der Waals surface area contributed by atoms with Crippen LogP contribution in [0.2, 0.25) is 5.22 Å². The summed E-state index contributed by atoms with van der Waals surface area (Å²) in [4.78, 5) is 16.4. The van der Waals surface area contributed by atoms with E-state index in [1.807, 2.05) is 12.1 Å². The van der Waals surface area contributed by atoms with Crippen LogP contribution in [-0.2, 0) is 6.54 Å². The third kappa shape index (κ3) is 3.86. The number of hydrogen-bond acceptors (Lipinski definition) is 4. The van der Waals surface area contributed by atoms with Crippen molar-refractivity contribution in [2.24, 2.45) is 0 Å². The molecule has 5 nitrogen and oxygen atoms in total. The van der Waals surface area contributed by atoms with Crippen molar-refractivity contribution in [2.45, 2.75) is 6.54 Å². The number of benzene rings is 1. The second-order valence-corrected chi connectivity index (χ2v) is 5.89. The van der Waals surface area contributed by atoms with E-state index in [1.165, 1.54) is 5.56 Å². The summed E-state index contributed by atoms with van der Waals surface area (Å²) in [7, 11) is 1.66. The van der Waals surface area contributed by atoms with Crippen LogP contribution < -0.4 is 4.74 Å². The average molecular weight is 335 g/mol. The van der Waals surface area contributed by atoms with Gasteiger partial charge in [-0.2, -0.15) is 0 Å². The Morgan fingerprint density at radius 3 is 2.39 bits per heavy atom. The fourth-order valence-electron chi connectivity index (χ4n) is 2.68. The highest BCUT2D eigenvalue weighted by molar-refractivity contribution is 6.29. The van der Waals surface area contributed by atoms with Crippen LogP contribution in [0.1, 0.15) is 16.1 Å². The Hall–Kier alpha value is -1.98. The van der Waals surface area contributed by atoms with Gasteiger partial charge in [0.25, 0.3) is 5.91 Å². The Morgan fingerprint density at radius 2 is 1.83 bits per heavy atom. The van der Waals surface area contributed by atoms with Crippen molar-refractivity contribution in [1.29, 1.82) is 0 Å². The van der Waals surface area contributed by atoms with Gasteiger partial charge in [0.2, 0.25) is 0 Å². The van der Waals surface area contributed by atoms with E-state index in [4.69, 9.17) is 20.8 Å². The van der Waals surface area contributed by atoms with E-state index in [2.05, 4.69) is 17.0 Å². The average Bonchev–Trinajstić information content (AvgIpc) is 3.02. The van der Waals surface area contributed by atoms with Crippen LogP contribution in [0.5, 0.6) is 5.75 Å². The molecule has 3 rings (SSSR count). The zero-order valence-corrected chi connectivity index (χ0v) is 13.8. The minimum atomic E-state index is -0.0963. The monoisotopic (exact) mass is 334 g/mol. The zero-order chi connectivity index (χ0) is 16.2. The maximum atomic E-state index is 12.3. The van der Waals surface area contributed by atoms with Crippen molar-refractivity contribution in [1.82, 2.24) is 9.80 Å². The second-order valence-electron chi connectivity index (χ2n) is 5.52. The normalized spacial score (nSPS) is 15.7. The summed E-state index contributed by atoms with van der Waals surface area (Å²) in [6, 6.07) is 11.3. The Kier molecular flexibility index (Phi) is 4.88. The summed E-state index contributed by atoms with van der Waals surface area (Å²) < 4.78 is 10.4. The van der Waals surface area contributed by atoms with Crippen LogP contribution in [0.25, 0.3) is 0 Å². The Morgan fingerprint density at radius 1 is 1.13 bits per heavy atom. The van der Waals surface area contributed by atoms with E-state index in [0.29, 0.717) is 18.8 Å². The van der Waals surface area contributed by atoms with Crippen molar-refractivity contribution in [3.8, 4) is 5.75 Å². The van der Waals surface area contributed by atoms with Crippen LogP contribution in [0.3, 0.4) is 0 Å². The maximum Gasteiger partial charge on any atom is 0.289 e. The van der Waals surface area contributed by atoms with Crippen molar-refractivity contribution < 1.29 is 13.9 Å². The second kappa shape index (κ2) is 7.06. The molecule has 0 N–H and O–H groups in total. The molecule has 1 aromatic heterocycles. The lowest BCUT2D eigenvalue weighted by Gasteiger charge is -2.34. The fraction of sp³-hybridized carbons (Fsp3) is 0.353. The molecule has 2 heterocycles. The van der Waals surface area contributed by atoms with Crippen LogP contribution in [0.15, 0.2) is 40.8 Å². The molecule has 1 saturated heterocycles. The molecular formula is C17H19ClN2O3. The number of carbonyl (C=O) groups excluding carboxylic acids is 1. The summed E-state index contributed by atoms with van der Waals surface area (Å²) in [5.74, 6) is 1.07. The Labute approximate surface area is 140 Å². The number of hydrogen-bond donors (Lipinski definition) is 0. The first kappa shape index (κ1) is 15.9. The van der Waals surface area contributed by atoms with Gasteiger partial charge >= 0.3 is 0 Å². The van der Waals surface area contributed by atoms with E-state index in [9.17, 15) is 4.79 Å². The molecule has 1 aliphatic heterocycles. The van der Waals surface area contributed by atoms with Gasteiger partial charge in [-0.15, -0.1) is 0 Å². The number of rotatable bonds is 4. The number of amides is 1. The lowest BCUT2D eigenvalue weighted by Crippen LogP contribution is -2.48. The first-order valence-corrected chi connectivity index (χ1v) is 7.93. The van der Waals surface area contributed by atoms with Gasteiger partial charge in [-0.1, -0.05) is 12.1 Å². The molecule has 23 heavy (non-hydrogen) atoms. The highest BCUT2D eigenvalue weighted by Crippen LogP contribution is 2.17. The molecular weight excluding hydrogens is 316 g/mol. The minimum absolute atomic E-state index is 0.0963. The number of furan rings is 1. The van der Waals surface area contributed by atoms with Crippen LogP contribution in [-0.4, -0.2) is 49.0 Å². The van der Waals surface area contributed by atoms with Gasteiger partial charge in [0.1, 0.15) is 5.75 Å². The molecule has 1 amide bonds. The van der Waals surface area contributed by atoms with Gasteiger partial charge in [0, 0.05) is 32.7 Å². The van der Waals surface area contributed by atoms with Crippen LogP contribution in [0, 0.1) is 0 Å². The molecule has 1 fully saturated rings. The van der Waals surface area contributed by atoms with Crippen molar-refractivity contribution >= 4 is 17.5 Å². The third-order valence-corrected chi connectivity index (χ3v) is 4.21. The molecule has 6 heteroatoms. The quantitative estimate of drug-likeness (QED) is 0.862. The number of nitrogens with zero attached hydrogens (tertiary/aromatic N) is 2. The predicted octanol–water partition coefficient (Wildman–Crippen LogP) is 2.90. The SMILES string of the molecule is COc1ccc(CN2CCN(C(=O)c3ccc(Cl)o3)CC2)cc1. The molecule has 122 valence electrons. The number of piperazine rings is 1. The topological polar surface area (TPSA) is 45.9 Å². The molecule has 0 unspecified atom stereocenters. The maximum absolute atomic E-state index is 12.3. The molecule has 0 radical (unpaired) electrons. The minimum Gasteiger partial charge on any atom is -0.497 e. The predicted molar refractivity (Wildman–Crippen MR) is 87.9 cm³/mol. The van der Waals surface area contributed by atoms with E-state index >= 15 is 0 Å². The van der Waals surface area contributed by atoms with Gasteiger partial charge < -0.3 is 14.1 Å². The van der Waals surface area contributed by atoms with E-state index in [1.54, 1.807) is 24.1 Å². The largest absolute Gasteiger partial charge is 0.497 e. The zero-order valence-electron chi connectivity index (χ0n) is 13.0. The first-order valence-electron chi connectivity index (χ1n) is 7.55. The molecule has 2 aromatic rings. The summed E-state index contributed by atoms with van der Waals surface area (Å²) in [5.41, 5.74) is 1.24. The summed E-state index contributed by atoms with van der Waals surface area (Å²) in [6.07, 6.45) is 0. The van der Waals surface area contributed by atoms with Gasteiger partial charge in [0.05, 0.1) is 7.11 Å². The Bertz CT molecular complexity index is 661. The first-order chi connectivity index (χ1) is 11.2. The number of carbonyl (C=O) groups is 1. The number of halogens is 1. The van der Waals surface area contributed by atoms with E-state index in [-0.39, 0.29) is 11.1 Å². The van der Waals surface area contributed by atoms with Gasteiger partial charge in [0.15, 0.2) is 11.0 Å². The Balaban J connectivity index is 1.52. The number of methoxy groups -OCH3 is 1. The van der Waals surface area contributed by atoms with E-state index in [0.717, 1.165) is 25.4 Å². The summed E-state index contributed by atoms with van der Waals surface area (Å²) in [6.45, 7) is 3.93. The lowest BCUT2D eigenvalue weighted by molar-refractivity contribution is 0.0598. The van der Waals surface area contributed by atoms with Crippen molar-refractivity contribution in [3.63, 3.8) is 0 Å². The summed E-state index contributed by atoms with van der Waals surface area (Å²) in [5, 5.41) is 0.242. The molecule has 1 aromatic carbocycles. The fourth-order valence-corrected chi connectivity index (χ4v) is 2.83. The molecule has 0 saturated carbocycles. The molecule has 0 bridgehead atoms. The molecule has 0 atom stereocenters.